The summed E-state index contributed by atoms with van der Waals surface area (Å²) < 4.78 is 1.03. The highest BCUT2D eigenvalue weighted by molar-refractivity contribution is 9.10. The van der Waals surface area contributed by atoms with Gasteiger partial charge in [0.25, 0.3) is 0 Å². The molecule has 84 valence electrons. The number of fused-ring (bicyclic) bond motifs is 1. The summed E-state index contributed by atoms with van der Waals surface area (Å²) in [6, 6.07) is 6.05. The molecular formula is C13H14BrNO. The van der Waals surface area contributed by atoms with Crippen molar-refractivity contribution in [2.24, 2.45) is 0 Å². The molecule has 0 N–H and O–H groups in total. The van der Waals surface area contributed by atoms with Crippen LogP contribution in [0.5, 0.6) is 0 Å². The summed E-state index contributed by atoms with van der Waals surface area (Å²) in [6.07, 6.45) is 3.87. The van der Waals surface area contributed by atoms with Crippen molar-refractivity contribution in [3.05, 3.63) is 46.5 Å². The van der Waals surface area contributed by atoms with E-state index >= 15 is 0 Å². The van der Waals surface area contributed by atoms with Crippen LogP contribution in [0.1, 0.15) is 17.2 Å². The maximum absolute atomic E-state index is 11.2. The van der Waals surface area contributed by atoms with Gasteiger partial charge in [-0.25, -0.2) is 0 Å². The molecule has 1 heterocycles. The van der Waals surface area contributed by atoms with Crippen LogP contribution in [-0.4, -0.2) is 24.3 Å². The number of hydrogen-bond acceptors (Lipinski definition) is 2. The molecule has 3 heteroatoms. The van der Waals surface area contributed by atoms with Gasteiger partial charge in [0.05, 0.1) is 6.04 Å². The monoisotopic (exact) mass is 279 g/mol. The molecule has 0 radical (unpaired) electrons. The third-order valence-electron chi connectivity index (χ3n) is 2.98. The lowest BCUT2D eigenvalue weighted by Crippen LogP contribution is -2.36. The maximum atomic E-state index is 11.2. The van der Waals surface area contributed by atoms with E-state index in [1.54, 1.807) is 0 Å². The maximum Gasteiger partial charge on any atom is 0.141 e. The molecule has 0 bridgehead atoms. The molecule has 0 spiro atoms. The molecule has 0 saturated carbocycles. The summed E-state index contributed by atoms with van der Waals surface area (Å²) in [4.78, 5) is 13.4. The van der Waals surface area contributed by atoms with Crippen LogP contribution in [0.2, 0.25) is 0 Å². The topological polar surface area (TPSA) is 20.3 Å². The second-order valence-electron chi connectivity index (χ2n) is 3.96. The minimum Gasteiger partial charge on any atom is -0.301 e. The number of rotatable bonds is 3. The van der Waals surface area contributed by atoms with E-state index in [2.05, 4.69) is 33.5 Å². The molecule has 1 aliphatic rings. The van der Waals surface area contributed by atoms with E-state index in [-0.39, 0.29) is 6.04 Å². The van der Waals surface area contributed by atoms with Crippen molar-refractivity contribution in [1.82, 2.24) is 4.90 Å². The number of aldehydes is 1. The van der Waals surface area contributed by atoms with E-state index in [9.17, 15) is 4.79 Å². The van der Waals surface area contributed by atoms with Crippen molar-refractivity contribution in [3.63, 3.8) is 0 Å². The first-order chi connectivity index (χ1) is 7.76. The number of carbonyl (C=O) groups is 1. The summed E-state index contributed by atoms with van der Waals surface area (Å²) in [7, 11) is 0. The van der Waals surface area contributed by atoms with Gasteiger partial charge in [0, 0.05) is 17.6 Å². The second-order valence-corrected chi connectivity index (χ2v) is 4.87. The number of benzene rings is 1. The molecule has 16 heavy (non-hydrogen) atoms. The second kappa shape index (κ2) is 4.93. The van der Waals surface area contributed by atoms with Crippen LogP contribution in [0.25, 0.3) is 0 Å². The summed E-state index contributed by atoms with van der Waals surface area (Å²) >= 11 is 3.45. The van der Waals surface area contributed by atoms with Crippen LogP contribution in [0, 0.1) is 0 Å². The third kappa shape index (κ3) is 2.11. The van der Waals surface area contributed by atoms with Gasteiger partial charge < -0.3 is 4.79 Å². The molecule has 1 atom stereocenters. The number of halogens is 1. The van der Waals surface area contributed by atoms with Gasteiger partial charge in [-0.2, -0.15) is 0 Å². The molecule has 0 saturated heterocycles. The van der Waals surface area contributed by atoms with Crippen LogP contribution >= 0.6 is 15.9 Å². The van der Waals surface area contributed by atoms with Gasteiger partial charge in [0.2, 0.25) is 0 Å². The van der Waals surface area contributed by atoms with Gasteiger partial charge in [-0.05, 0) is 29.7 Å². The zero-order valence-electron chi connectivity index (χ0n) is 9.03. The number of carbonyl (C=O) groups excluding carboxylic acids is 1. The summed E-state index contributed by atoms with van der Waals surface area (Å²) in [5, 5.41) is 0. The van der Waals surface area contributed by atoms with E-state index in [1.165, 1.54) is 5.56 Å². The van der Waals surface area contributed by atoms with Crippen LogP contribution in [0.4, 0.5) is 0 Å². The normalized spacial score (nSPS) is 20.2. The van der Waals surface area contributed by atoms with E-state index in [4.69, 9.17) is 0 Å². The average Bonchev–Trinajstić information content (AvgIpc) is 2.29. The van der Waals surface area contributed by atoms with Crippen molar-refractivity contribution in [1.29, 1.82) is 0 Å². The number of hydrogen-bond donors (Lipinski definition) is 0. The molecule has 1 aromatic carbocycles. The van der Waals surface area contributed by atoms with E-state index in [1.807, 2.05) is 18.2 Å². The van der Waals surface area contributed by atoms with Gasteiger partial charge in [-0.15, -0.1) is 6.58 Å². The largest absolute Gasteiger partial charge is 0.301 e. The highest BCUT2D eigenvalue weighted by atomic mass is 79.9. The Hall–Kier alpha value is -0.930. The highest BCUT2D eigenvalue weighted by Crippen LogP contribution is 2.30. The standard InChI is InChI=1S/C13H14BrNO/c1-2-6-15-7-5-10-3-4-11(14)8-12(10)13(15)9-16/h2-4,8-9,13H,1,5-7H2. The van der Waals surface area contributed by atoms with Crippen LogP contribution in [0.15, 0.2) is 35.3 Å². The molecule has 0 amide bonds. The molecule has 2 nitrogen and oxygen atoms in total. The quantitative estimate of drug-likeness (QED) is 0.627. The van der Waals surface area contributed by atoms with Crippen molar-refractivity contribution in [2.45, 2.75) is 12.5 Å². The minimum absolute atomic E-state index is 0.126. The van der Waals surface area contributed by atoms with E-state index in [0.717, 1.165) is 35.8 Å². The molecule has 1 aromatic rings. The molecule has 0 fully saturated rings. The van der Waals surface area contributed by atoms with Gasteiger partial charge in [0.15, 0.2) is 0 Å². The van der Waals surface area contributed by atoms with Crippen LogP contribution < -0.4 is 0 Å². The Bertz CT molecular complexity index is 416. The fraction of sp³-hybridized carbons (Fsp3) is 0.308. The molecule has 0 aliphatic carbocycles. The SMILES string of the molecule is C=CCN1CCc2ccc(Br)cc2C1C=O. The highest BCUT2D eigenvalue weighted by Gasteiger charge is 2.25. The van der Waals surface area contributed by atoms with Gasteiger partial charge in [0.1, 0.15) is 6.29 Å². The predicted molar refractivity (Wildman–Crippen MR) is 68.4 cm³/mol. The predicted octanol–water partition coefficient (Wildman–Crippen LogP) is 2.73. The van der Waals surface area contributed by atoms with E-state index in [0.29, 0.717) is 0 Å². The molecule has 0 aromatic heterocycles. The van der Waals surface area contributed by atoms with Crippen molar-refractivity contribution in [3.8, 4) is 0 Å². The van der Waals surface area contributed by atoms with Crippen molar-refractivity contribution >= 4 is 22.2 Å². The molecule has 1 aliphatic heterocycles. The zero-order chi connectivity index (χ0) is 11.5. The van der Waals surface area contributed by atoms with E-state index < -0.39 is 0 Å². The average molecular weight is 280 g/mol. The van der Waals surface area contributed by atoms with Crippen molar-refractivity contribution in [2.75, 3.05) is 13.1 Å². The Morgan fingerprint density at radius 3 is 3.06 bits per heavy atom. The van der Waals surface area contributed by atoms with Gasteiger partial charge in [-0.3, -0.25) is 4.90 Å². The minimum atomic E-state index is -0.126. The first-order valence-electron chi connectivity index (χ1n) is 5.35. The first-order valence-corrected chi connectivity index (χ1v) is 6.14. The molecular weight excluding hydrogens is 266 g/mol. The fourth-order valence-electron chi connectivity index (χ4n) is 2.20. The van der Waals surface area contributed by atoms with Crippen LogP contribution in [0.3, 0.4) is 0 Å². The van der Waals surface area contributed by atoms with Gasteiger partial charge in [-0.1, -0.05) is 28.1 Å². The van der Waals surface area contributed by atoms with Gasteiger partial charge >= 0.3 is 0 Å². The van der Waals surface area contributed by atoms with Crippen molar-refractivity contribution < 1.29 is 4.79 Å². The first kappa shape index (κ1) is 11.6. The lowest BCUT2D eigenvalue weighted by atomic mass is 9.93. The zero-order valence-corrected chi connectivity index (χ0v) is 10.6. The summed E-state index contributed by atoms with van der Waals surface area (Å²) in [6.45, 7) is 5.41. The Kier molecular flexibility index (Phi) is 3.56. The molecule has 1 unspecified atom stereocenters. The Balaban J connectivity index is 2.38. The Morgan fingerprint density at radius 2 is 2.38 bits per heavy atom. The summed E-state index contributed by atoms with van der Waals surface area (Å²) in [5.74, 6) is 0. The lowest BCUT2D eigenvalue weighted by Gasteiger charge is -2.33. The smallest absolute Gasteiger partial charge is 0.141 e. The Labute approximate surface area is 104 Å². The Morgan fingerprint density at radius 1 is 1.56 bits per heavy atom. The molecule has 2 rings (SSSR count). The lowest BCUT2D eigenvalue weighted by molar-refractivity contribution is -0.112. The van der Waals surface area contributed by atoms with Crippen LogP contribution in [-0.2, 0) is 11.2 Å². The number of nitrogens with zero attached hydrogens (tertiary/aromatic N) is 1. The summed E-state index contributed by atoms with van der Waals surface area (Å²) in [5.41, 5.74) is 2.40. The third-order valence-corrected chi connectivity index (χ3v) is 3.47. The fourth-order valence-corrected chi connectivity index (χ4v) is 2.58.